The minimum atomic E-state index is -2.94. The van der Waals surface area contributed by atoms with Crippen LogP contribution in [0.25, 0.3) is 60.6 Å². The van der Waals surface area contributed by atoms with Gasteiger partial charge in [-0.2, -0.15) is 0 Å². The van der Waals surface area contributed by atoms with Gasteiger partial charge in [0.1, 0.15) is 11.2 Å². The average Bonchev–Trinajstić information content (AvgIpc) is 3.75. The van der Waals surface area contributed by atoms with Crippen molar-refractivity contribution in [3.05, 3.63) is 200 Å². The van der Waals surface area contributed by atoms with Crippen LogP contribution in [-0.4, -0.2) is 12.6 Å². The smallest absolute Gasteiger partial charge is 0.179 e. The Labute approximate surface area is 297 Å². The van der Waals surface area contributed by atoms with Crippen molar-refractivity contribution in [2.24, 2.45) is 0 Å². The highest BCUT2D eigenvalue weighted by Gasteiger charge is 2.42. The predicted molar refractivity (Wildman–Crippen MR) is 217 cm³/mol. The molecule has 0 spiro atoms. The Kier molecular flexibility index (Phi) is 6.86. The molecule has 0 aliphatic carbocycles. The number of hydrogen-bond acceptors (Lipinski definition) is 1. The molecule has 0 radical (unpaired) electrons. The summed E-state index contributed by atoms with van der Waals surface area (Å²) in [5, 5.41) is 10.1. The Morgan fingerprint density at radius 2 is 0.843 bits per heavy atom. The van der Waals surface area contributed by atoms with Crippen LogP contribution in [0.1, 0.15) is 0 Å². The van der Waals surface area contributed by atoms with E-state index < -0.39 is 8.07 Å². The minimum absolute atomic E-state index is 0.911. The monoisotopic (exact) mass is 667 g/mol. The fourth-order valence-corrected chi connectivity index (χ4v) is 13.0. The molecule has 0 saturated carbocycles. The molecule has 51 heavy (non-hydrogen) atoms. The van der Waals surface area contributed by atoms with E-state index >= 15 is 0 Å². The van der Waals surface area contributed by atoms with Crippen LogP contribution in [0, 0.1) is 0 Å². The van der Waals surface area contributed by atoms with E-state index in [-0.39, 0.29) is 0 Å². The first-order valence-electron chi connectivity index (χ1n) is 17.5. The Morgan fingerprint density at radius 1 is 0.333 bits per heavy atom. The van der Waals surface area contributed by atoms with Gasteiger partial charge in [0.15, 0.2) is 8.07 Å². The van der Waals surface area contributed by atoms with Crippen LogP contribution >= 0.6 is 0 Å². The number of fused-ring (bicyclic) bond motifs is 6. The van der Waals surface area contributed by atoms with Crippen molar-refractivity contribution in [2.45, 2.75) is 0 Å². The van der Waals surface area contributed by atoms with Crippen molar-refractivity contribution in [1.82, 2.24) is 4.57 Å². The molecular formula is C48H33NOSi. The van der Waals surface area contributed by atoms with Gasteiger partial charge in [-0.1, -0.05) is 164 Å². The molecular weight excluding hydrogens is 635 g/mol. The van der Waals surface area contributed by atoms with E-state index in [2.05, 4.69) is 199 Å². The van der Waals surface area contributed by atoms with Crippen LogP contribution in [0.15, 0.2) is 205 Å². The summed E-state index contributed by atoms with van der Waals surface area (Å²) in [5.74, 6) is 0. The lowest BCUT2D eigenvalue weighted by Crippen LogP contribution is -2.74. The van der Waals surface area contributed by atoms with Gasteiger partial charge in [-0.25, -0.2) is 0 Å². The number of furan rings is 1. The van der Waals surface area contributed by atoms with Gasteiger partial charge in [-0.3, -0.25) is 0 Å². The fourth-order valence-electron chi connectivity index (χ4n) is 8.27. The zero-order valence-electron chi connectivity index (χ0n) is 27.9. The standard InChI is InChI=1S/C48H33NOSi/c1-3-14-34(15-4-1)35-26-28-38(29-27-35)51(37-17-5-2-6-18-37,40-30-31-48-44(33-40)43-22-9-12-25-47(43)50-48)39-19-13-16-36(32-39)49-45-23-10-7-20-41(45)42-21-8-11-24-46(42)49/h1-33H. The summed E-state index contributed by atoms with van der Waals surface area (Å²) in [4.78, 5) is 0. The zero-order chi connectivity index (χ0) is 33.8. The van der Waals surface area contributed by atoms with E-state index in [9.17, 15) is 0 Å². The summed E-state index contributed by atoms with van der Waals surface area (Å²) in [7, 11) is -2.94. The normalized spacial score (nSPS) is 12.9. The topological polar surface area (TPSA) is 18.1 Å². The fraction of sp³-hybridized carbons (Fsp3) is 0. The highest BCUT2D eigenvalue weighted by Crippen LogP contribution is 2.32. The van der Waals surface area contributed by atoms with Crippen molar-refractivity contribution in [3.63, 3.8) is 0 Å². The summed E-state index contributed by atoms with van der Waals surface area (Å²) in [6.45, 7) is 0. The van der Waals surface area contributed by atoms with E-state index in [1.807, 2.05) is 6.07 Å². The lowest BCUT2D eigenvalue weighted by atomic mass is 10.1. The number of hydrogen-bond donors (Lipinski definition) is 0. The Bertz CT molecular complexity index is 2800. The van der Waals surface area contributed by atoms with E-state index in [4.69, 9.17) is 4.42 Å². The molecule has 0 amide bonds. The van der Waals surface area contributed by atoms with Crippen molar-refractivity contribution < 1.29 is 4.42 Å². The molecule has 0 N–H and O–H groups in total. The van der Waals surface area contributed by atoms with Crippen LogP contribution in [0.3, 0.4) is 0 Å². The van der Waals surface area contributed by atoms with Crippen LogP contribution < -0.4 is 20.7 Å². The predicted octanol–water partition coefficient (Wildman–Crippen LogP) is 9.73. The second-order valence-electron chi connectivity index (χ2n) is 13.3. The average molecular weight is 668 g/mol. The number of para-hydroxylation sites is 3. The minimum Gasteiger partial charge on any atom is -0.456 e. The van der Waals surface area contributed by atoms with Crippen LogP contribution in [0.4, 0.5) is 0 Å². The third kappa shape index (κ3) is 4.63. The Balaban J connectivity index is 1.29. The first kappa shape index (κ1) is 29.5. The highest BCUT2D eigenvalue weighted by atomic mass is 28.3. The molecule has 3 heteroatoms. The number of aromatic nitrogens is 1. The SMILES string of the molecule is c1ccc(-c2ccc([Si](c3ccccc3)(c3cccc(-n4c5ccccc5c5ccccc54)c3)c3ccc4oc5ccccc5c4c3)cc2)cc1. The lowest BCUT2D eigenvalue weighted by Gasteiger charge is -2.35. The Hall–Kier alpha value is -6.42. The second-order valence-corrected chi connectivity index (χ2v) is 17.1. The third-order valence-electron chi connectivity index (χ3n) is 10.6. The van der Waals surface area contributed by atoms with Gasteiger partial charge in [0.05, 0.1) is 11.0 Å². The molecule has 0 saturated heterocycles. The maximum Gasteiger partial charge on any atom is 0.179 e. The molecule has 0 aliphatic rings. The lowest BCUT2D eigenvalue weighted by molar-refractivity contribution is 0.669. The number of nitrogens with zero attached hydrogens (tertiary/aromatic N) is 1. The molecule has 8 aromatic carbocycles. The number of benzene rings is 8. The molecule has 2 heterocycles. The van der Waals surface area contributed by atoms with Gasteiger partial charge < -0.3 is 8.98 Å². The molecule has 10 aromatic rings. The highest BCUT2D eigenvalue weighted by molar-refractivity contribution is 7.20. The van der Waals surface area contributed by atoms with Crippen molar-refractivity contribution in [2.75, 3.05) is 0 Å². The largest absolute Gasteiger partial charge is 0.456 e. The van der Waals surface area contributed by atoms with E-state index in [0.29, 0.717) is 0 Å². The van der Waals surface area contributed by atoms with E-state index in [1.165, 1.54) is 53.7 Å². The Morgan fingerprint density at radius 3 is 1.57 bits per heavy atom. The summed E-state index contributed by atoms with van der Waals surface area (Å²) in [5.41, 5.74) is 7.84. The molecule has 0 fully saturated rings. The summed E-state index contributed by atoms with van der Waals surface area (Å²) in [6.07, 6.45) is 0. The molecule has 240 valence electrons. The van der Waals surface area contributed by atoms with Crippen molar-refractivity contribution in [1.29, 1.82) is 0 Å². The molecule has 1 unspecified atom stereocenters. The van der Waals surface area contributed by atoms with Crippen LogP contribution in [0.2, 0.25) is 0 Å². The third-order valence-corrected chi connectivity index (χ3v) is 15.3. The molecule has 2 nitrogen and oxygen atoms in total. The quantitative estimate of drug-likeness (QED) is 0.128. The molecule has 1 atom stereocenters. The molecule has 10 rings (SSSR count). The van der Waals surface area contributed by atoms with Gasteiger partial charge in [0.25, 0.3) is 0 Å². The van der Waals surface area contributed by atoms with Gasteiger partial charge >= 0.3 is 0 Å². The summed E-state index contributed by atoms with van der Waals surface area (Å²) >= 11 is 0. The second kappa shape index (κ2) is 11.9. The van der Waals surface area contributed by atoms with Crippen molar-refractivity contribution in [3.8, 4) is 16.8 Å². The van der Waals surface area contributed by atoms with Gasteiger partial charge in [-0.15, -0.1) is 0 Å². The molecule has 0 aliphatic heterocycles. The van der Waals surface area contributed by atoms with E-state index in [1.54, 1.807) is 0 Å². The van der Waals surface area contributed by atoms with Gasteiger partial charge in [0, 0.05) is 27.2 Å². The summed E-state index contributed by atoms with van der Waals surface area (Å²) in [6, 6.07) is 73.4. The molecule has 0 bridgehead atoms. The van der Waals surface area contributed by atoms with Crippen LogP contribution in [-0.2, 0) is 0 Å². The zero-order valence-corrected chi connectivity index (χ0v) is 28.9. The maximum atomic E-state index is 6.36. The van der Waals surface area contributed by atoms with Gasteiger partial charge in [-0.05, 0) is 68.3 Å². The van der Waals surface area contributed by atoms with Crippen molar-refractivity contribution >= 4 is 72.6 Å². The van der Waals surface area contributed by atoms with Crippen LogP contribution in [0.5, 0.6) is 0 Å². The molecule has 2 aromatic heterocycles. The first-order valence-corrected chi connectivity index (χ1v) is 19.5. The summed E-state index contributed by atoms with van der Waals surface area (Å²) < 4.78 is 8.80. The number of rotatable bonds is 6. The van der Waals surface area contributed by atoms with E-state index in [0.717, 1.165) is 27.6 Å². The maximum absolute atomic E-state index is 6.36. The first-order chi connectivity index (χ1) is 25.3. The van der Waals surface area contributed by atoms with Gasteiger partial charge in [0.2, 0.25) is 0 Å².